The molecule has 1 fully saturated rings. The van der Waals surface area contributed by atoms with Crippen LogP contribution in [0.1, 0.15) is 53.2 Å². The molecule has 33 heavy (non-hydrogen) atoms. The maximum atomic E-state index is 13.1. The van der Waals surface area contributed by atoms with Crippen LogP contribution in [0.5, 0.6) is 5.75 Å². The molecule has 1 spiro atoms. The van der Waals surface area contributed by atoms with Gasteiger partial charge in [-0.15, -0.1) is 5.10 Å². The number of benzene rings is 2. The average molecular weight is 447 g/mol. The number of ether oxygens (including phenoxy) is 1. The number of hydrogen-bond donors (Lipinski definition) is 1. The second kappa shape index (κ2) is 8.65. The van der Waals surface area contributed by atoms with Gasteiger partial charge in [0.25, 0.3) is 5.91 Å². The summed E-state index contributed by atoms with van der Waals surface area (Å²) in [6.45, 7) is 1.18. The van der Waals surface area contributed by atoms with Crippen LogP contribution in [0, 0.1) is 0 Å². The Kier molecular flexibility index (Phi) is 5.53. The van der Waals surface area contributed by atoms with Crippen molar-refractivity contribution < 1.29 is 14.3 Å². The van der Waals surface area contributed by atoms with Crippen LogP contribution in [0.2, 0.25) is 0 Å². The molecule has 9 heteroatoms. The fourth-order valence-corrected chi connectivity index (χ4v) is 4.64. The highest BCUT2D eigenvalue weighted by Crippen LogP contribution is 2.44. The van der Waals surface area contributed by atoms with Gasteiger partial charge in [-0.1, -0.05) is 30.3 Å². The summed E-state index contributed by atoms with van der Waals surface area (Å²) >= 11 is 0. The molecule has 9 nitrogen and oxygen atoms in total. The molecule has 2 amide bonds. The van der Waals surface area contributed by atoms with E-state index in [1.807, 2.05) is 55.6 Å². The summed E-state index contributed by atoms with van der Waals surface area (Å²) in [5.74, 6) is 0.780. The van der Waals surface area contributed by atoms with Crippen molar-refractivity contribution in [1.29, 1.82) is 0 Å². The van der Waals surface area contributed by atoms with Crippen molar-refractivity contribution in [2.24, 2.45) is 0 Å². The molecule has 170 valence electrons. The molecule has 2 aliphatic rings. The molecule has 0 aliphatic carbocycles. The lowest BCUT2D eigenvalue weighted by Crippen LogP contribution is -2.45. The maximum Gasteiger partial charge on any atom is 0.251 e. The fourth-order valence-electron chi connectivity index (χ4n) is 4.64. The molecule has 5 rings (SSSR count). The van der Waals surface area contributed by atoms with Gasteiger partial charge in [-0.25, -0.2) is 4.68 Å². The van der Waals surface area contributed by atoms with E-state index in [4.69, 9.17) is 4.74 Å². The summed E-state index contributed by atoms with van der Waals surface area (Å²) in [7, 11) is 1.83. The van der Waals surface area contributed by atoms with Gasteiger partial charge in [0, 0.05) is 44.0 Å². The lowest BCUT2D eigenvalue weighted by Gasteiger charge is -2.42. The van der Waals surface area contributed by atoms with Crippen LogP contribution < -0.4 is 10.1 Å². The number of hydrogen-bond acceptors (Lipinski definition) is 6. The predicted octanol–water partition coefficient (Wildman–Crippen LogP) is 2.36. The number of carbonyl (C=O) groups is 2. The number of nitrogens with zero attached hydrogens (tertiary/aromatic N) is 5. The normalized spacial score (nSPS) is 22.4. The molecule has 2 aromatic carbocycles. The number of rotatable bonds is 4. The first-order chi connectivity index (χ1) is 16.0. The standard InChI is InChI=1S/C24H26N6O3/c1-29-13-12-24(11-10-22(29)31)14-20(19-4-2-3-5-21(19)33-24)26-23(32)18-8-6-17(7-9-18)15-30-16-25-27-28-30/h2-9,16,20H,10-15H2,1H3,(H,26,32)/t20-,24-/m1/s1. The zero-order chi connectivity index (χ0) is 22.8. The van der Waals surface area contributed by atoms with E-state index in [0.717, 1.165) is 23.3 Å². The molecule has 1 N–H and O–H groups in total. The lowest BCUT2D eigenvalue weighted by molar-refractivity contribution is -0.129. The average Bonchev–Trinajstić information content (AvgIpc) is 3.30. The number of likely N-dealkylation sites (tertiary alicyclic amines) is 1. The topological polar surface area (TPSA) is 102 Å². The minimum atomic E-state index is -0.470. The Hall–Kier alpha value is -3.75. The molecule has 1 saturated heterocycles. The minimum absolute atomic E-state index is 0.136. The number of fused-ring (bicyclic) bond motifs is 1. The quantitative estimate of drug-likeness (QED) is 0.660. The predicted molar refractivity (Wildman–Crippen MR) is 119 cm³/mol. The number of aromatic nitrogens is 4. The van der Waals surface area contributed by atoms with Crippen molar-refractivity contribution in [1.82, 2.24) is 30.4 Å². The molecule has 1 aromatic heterocycles. The van der Waals surface area contributed by atoms with Gasteiger partial charge in [-0.3, -0.25) is 9.59 Å². The van der Waals surface area contributed by atoms with E-state index in [1.165, 1.54) is 0 Å². The summed E-state index contributed by atoms with van der Waals surface area (Å²) < 4.78 is 8.10. The number of nitrogens with one attached hydrogen (secondary N) is 1. The smallest absolute Gasteiger partial charge is 0.251 e. The van der Waals surface area contributed by atoms with E-state index in [2.05, 4.69) is 20.8 Å². The van der Waals surface area contributed by atoms with Crippen LogP contribution in [0.15, 0.2) is 54.9 Å². The van der Waals surface area contributed by atoms with Gasteiger partial charge >= 0.3 is 0 Å². The number of amides is 2. The van der Waals surface area contributed by atoms with Gasteiger partial charge in [-0.05, 0) is 40.6 Å². The Morgan fingerprint density at radius 2 is 2.00 bits per heavy atom. The molecule has 0 radical (unpaired) electrons. The summed E-state index contributed by atoms with van der Waals surface area (Å²) in [6, 6.07) is 15.1. The van der Waals surface area contributed by atoms with Crippen LogP contribution in [-0.2, 0) is 11.3 Å². The SMILES string of the molecule is CN1CC[C@]2(CCC1=O)C[C@@H](NC(=O)c1ccc(Cn3cnnn3)cc1)c1ccccc1O2. The third-order valence-electron chi connectivity index (χ3n) is 6.58. The highest BCUT2D eigenvalue weighted by atomic mass is 16.5. The van der Waals surface area contributed by atoms with Gasteiger partial charge < -0.3 is 15.0 Å². The molecule has 2 atom stereocenters. The van der Waals surface area contributed by atoms with Gasteiger partial charge in [0.2, 0.25) is 5.91 Å². The molecule has 3 aromatic rings. The Morgan fingerprint density at radius 1 is 1.18 bits per heavy atom. The summed E-state index contributed by atoms with van der Waals surface area (Å²) in [4.78, 5) is 27.2. The van der Waals surface area contributed by atoms with Crippen LogP contribution >= 0.6 is 0 Å². The van der Waals surface area contributed by atoms with E-state index in [-0.39, 0.29) is 17.9 Å². The Bertz CT molecular complexity index is 1150. The van der Waals surface area contributed by atoms with Gasteiger partial charge in [-0.2, -0.15) is 0 Å². The Labute approximate surface area is 191 Å². The highest BCUT2D eigenvalue weighted by molar-refractivity contribution is 5.94. The first-order valence-electron chi connectivity index (χ1n) is 11.1. The van der Waals surface area contributed by atoms with E-state index >= 15 is 0 Å². The van der Waals surface area contributed by atoms with Gasteiger partial charge in [0.05, 0.1) is 12.6 Å². The molecule has 0 saturated carbocycles. The lowest BCUT2D eigenvalue weighted by atomic mass is 9.82. The third-order valence-corrected chi connectivity index (χ3v) is 6.58. The summed E-state index contributed by atoms with van der Waals surface area (Å²) in [5.41, 5.74) is 2.09. The molecular weight excluding hydrogens is 420 g/mol. The molecular formula is C24H26N6O3. The maximum absolute atomic E-state index is 13.1. The van der Waals surface area contributed by atoms with E-state index in [0.29, 0.717) is 37.9 Å². The van der Waals surface area contributed by atoms with E-state index in [1.54, 1.807) is 15.9 Å². The largest absolute Gasteiger partial charge is 0.487 e. The molecule has 0 unspecified atom stereocenters. The first kappa shape index (κ1) is 21.1. The zero-order valence-electron chi connectivity index (χ0n) is 18.5. The number of para-hydroxylation sites is 1. The van der Waals surface area contributed by atoms with Crippen molar-refractivity contribution in [2.75, 3.05) is 13.6 Å². The van der Waals surface area contributed by atoms with E-state index < -0.39 is 5.60 Å². The highest BCUT2D eigenvalue weighted by Gasteiger charge is 2.43. The minimum Gasteiger partial charge on any atom is -0.487 e. The Morgan fingerprint density at radius 3 is 2.79 bits per heavy atom. The van der Waals surface area contributed by atoms with Crippen LogP contribution in [0.25, 0.3) is 0 Å². The first-order valence-corrected chi connectivity index (χ1v) is 11.1. The van der Waals surface area contributed by atoms with Crippen molar-refractivity contribution in [3.05, 3.63) is 71.5 Å². The van der Waals surface area contributed by atoms with Crippen molar-refractivity contribution in [2.45, 2.75) is 43.9 Å². The molecule has 2 aliphatic heterocycles. The molecule has 3 heterocycles. The van der Waals surface area contributed by atoms with Crippen LogP contribution in [0.4, 0.5) is 0 Å². The number of tetrazole rings is 1. The summed E-state index contributed by atoms with van der Waals surface area (Å²) in [6.07, 6.45) is 4.01. The van der Waals surface area contributed by atoms with E-state index in [9.17, 15) is 9.59 Å². The molecule has 0 bridgehead atoms. The van der Waals surface area contributed by atoms with Crippen LogP contribution in [0.3, 0.4) is 0 Å². The monoisotopic (exact) mass is 446 g/mol. The van der Waals surface area contributed by atoms with Gasteiger partial charge in [0.1, 0.15) is 17.7 Å². The number of carbonyl (C=O) groups excluding carboxylic acids is 2. The third kappa shape index (κ3) is 4.44. The second-order valence-electron chi connectivity index (χ2n) is 8.82. The second-order valence-corrected chi connectivity index (χ2v) is 8.82. The summed E-state index contributed by atoms with van der Waals surface area (Å²) in [5, 5.41) is 14.4. The van der Waals surface area contributed by atoms with Crippen LogP contribution in [-0.4, -0.2) is 56.1 Å². The van der Waals surface area contributed by atoms with Gasteiger partial charge in [0.15, 0.2) is 0 Å². The fraction of sp³-hybridized carbons (Fsp3) is 0.375. The Balaban J connectivity index is 1.34. The van der Waals surface area contributed by atoms with Crippen molar-refractivity contribution in [3.8, 4) is 5.75 Å². The van der Waals surface area contributed by atoms with Crippen molar-refractivity contribution in [3.63, 3.8) is 0 Å². The zero-order valence-corrected chi connectivity index (χ0v) is 18.5. The van der Waals surface area contributed by atoms with Crippen molar-refractivity contribution >= 4 is 11.8 Å².